The minimum Gasteiger partial charge on any atom is -0.477 e. The number of carboxylic acid groups (broad SMARTS) is 1. The van der Waals surface area contributed by atoms with Crippen molar-refractivity contribution < 1.29 is 40.0 Å². The predicted molar refractivity (Wildman–Crippen MR) is 87.3 cm³/mol. The summed E-state index contributed by atoms with van der Waals surface area (Å²) in [5, 5.41) is 58.1. The maximum absolute atomic E-state index is 11.1. The third-order valence-corrected chi connectivity index (χ3v) is 5.84. The summed E-state index contributed by atoms with van der Waals surface area (Å²) in [6.07, 6.45) is -7.16. The molecule has 0 spiro atoms. The Morgan fingerprint density at radius 3 is 2.48 bits per heavy atom. The number of ether oxygens (including phenoxy) is 1. The molecule has 138 valence electrons. The van der Waals surface area contributed by atoms with Gasteiger partial charge in [0.2, 0.25) is 0 Å². The van der Waals surface area contributed by atoms with Gasteiger partial charge < -0.3 is 30.3 Å². The predicted octanol–water partition coefficient (Wildman–Crippen LogP) is -0.167. The van der Waals surface area contributed by atoms with Gasteiger partial charge >= 0.3 is 5.97 Å². The monoisotopic (exact) mass is 393 g/mol. The molecule has 0 amide bonds. The normalized spacial score (nSPS) is 29.4. The van der Waals surface area contributed by atoms with Gasteiger partial charge in [-0.05, 0) is 12.1 Å². The van der Waals surface area contributed by atoms with E-state index in [1.54, 1.807) is 0 Å². The first-order valence-corrected chi connectivity index (χ1v) is 9.23. The molecule has 2 rings (SSSR count). The molecule has 0 bridgehead atoms. The van der Waals surface area contributed by atoms with Crippen molar-refractivity contribution in [1.29, 1.82) is 0 Å². The molecule has 5 atom stereocenters. The molecule has 1 aliphatic heterocycles. The van der Waals surface area contributed by atoms with Crippen LogP contribution < -0.4 is 0 Å². The van der Waals surface area contributed by atoms with E-state index in [4.69, 9.17) is 9.84 Å². The van der Waals surface area contributed by atoms with E-state index in [0.29, 0.717) is 4.90 Å². The van der Waals surface area contributed by atoms with Gasteiger partial charge in [0.1, 0.15) is 23.9 Å². The van der Waals surface area contributed by atoms with Crippen LogP contribution in [0, 0.1) is 10.1 Å². The van der Waals surface area contributed by atoms with Crippen molar-refractivity contribution in [1.82, 2.24) is 0 Å². The Hall–Kier alpha value is -1.41. The first-order chi connectivity index (χ1) is 11.7. The van der Waals surface area contributed by atoms with Crippen molar-refractivity contribution in [2.45, 2.75) is 35.6 Å². The Bertz CT molecular complexity index is 658. The lowest BCUT2D eigenvalue weighted by Gasteiger charge is -2.38. The van der Waals surface area contributed by atoms with Gasteiger partial charge in [0.25, 0.3) is 5.69 Å². The van der Waals surface area contributed by atoms with Crippen LogP contribution in [0.15, 0.2) is 23.1 Å². The smallest absolute Gasteiger partial charge is 0.342 e. The second kappa shape index (κ2) is 8.31. The topological polar surface area (TPSA) is 171 Å². The molecule has 1 saturated heterocycles. The summed E-state index contributed by atoms with van der Waals surface area (Å²) in [4.78, 5) is 21.5. The molecule has 0 aliphatic carbocycles. The van der Waals surface area contributed by atoms with Crippen LogP contribution in [0.1, 0.15) is 10.4 Å². The maximum Gasteiger partial charge on any atom is 0.342 e. The Labute approximate surface area is 149 Å². The number of hydrogen-bond acceptors (Lipinski definition) is 10. The first-order valence-electron chi connectivity index (χ1n) is 6.91. The summed E-state index contributed by atoms with van der Waals surface area (Å²) in [6.45, 7) is 0. The summed E-state index contributed by atoms with van der Waals surface area (Å²) in [7, 11) is 2.21. The van der Waals surface area contributed by atoms with E-state index in [9.17, 15) is 35.3 Å². The molecule has 12 heteroatoms. The number of benzene rings is 1. The summed E-state index contributed by atoms with van der Waals surface area (Å²) >= 11 is 0. The zero-order valence-electron chi connectivity index (χ0n) is 12.5. The maximum atomic E-state index is 11.1. The number of rotatable bonds is 6. The molecule has 5 N–H and O–H groups in total. The van der Waals surface area contributed by atoms with Gasteiger partial charge in [-0.3, -0.25) is 10.1 Å². The Morgan fingerprint density at radius 2 is 1.88 bits per heavy atom. The van der Waals surface area contributed by atoms with Crippen molar-refractivity contribution in [3.8, 4) is 0 Å². The summed E-state index contributed by atoms with van der Waals surface area (Å²) in [5.74, 6) is -1.32. The van der Waals surface area contributed by atoms with E-state index in [1.165, 1.54) is 6.07 Å². The van der Waals surface area contributed by atoms with Crippen LogP contribution >= 0.6 is 21.6 Å². The molecule has 10 nitrogen and oxygen atoms in total. The highest BCUT2D eigenvalue weighted by Gasteiger charge is 2.42. The fraction of sp³-hybridized carbons (Fsp3) is 0.462. The Kier molecular flexibility index (Phi) is 6.62. The summed E-state index contributed by atoms with van der Waals surface area (Å²) < 4.78 is 5.01. The van der Waals surface area contributed by atoms with Crippen molar-refractivity contribution >= 4 is 33.2 Å². The molecule has 1 aliphatic rings. The second-order valence-electron chi connectivity index (χ2n) is 5.15. The minimum atomic E-state index is -1.63. The van der Waals surface area contributed by atoms with E-state index in [2.05, 4.69) is 0 Å². The van der Waals surface area contributed by atoms with Gasteiger partial charge in [0, 0.05) is 16.7 Å². The molecule has 0 saturated carbocycles. The van der Waals surface area contributed by atoms with Crippen LogP contribution in [0.5, 0.6) is 0 Å². The lowest BCUT2D eigenvalue weighted by atomic mass is 10.0. The Balaban J connectivity index is 1.99. The standard InChI is InChI=1S/C13H15NO9S2/c15-9-8(23-13(20)11(17)10(9)16)4-24-25-5-1-2-7(14(21)22)6(3-5)12(18)19/h1-3,8-11,13,15-17,20H,4H2,(H,18,19)/t8-,9+,10+,11-,13?/m1/s1. The van der Waals surface area contributed by atoms with Crippen LogP contribution in [0.2, 0.25) is 0 Å². The molecule has 1 unspecified atom stereocenters. The molecule has 1 aromatic rings. The van der Waals surface area contributed by atoms with Gasteiger partial charge in [-0.2, -0.15) is 0 Å². The van der Waals surface area contributed by atoms with E-state index in [1.807, 2.05) is 0 Å². The first kappa shape index (κ1) is 19.9. The number of carboxylic acids is 1. The van der Waals surface area contributed by atoms with Crippen LogP contribution in [-0.2, 0) is 4.74 Å². The summed E-state index contributed by atoms with van der Waals surface area (Å²) in [5.41, 5.74) is -0.966. The zero-order valence-corrected chi connectivity index (χ0v) is 14.1. The minimum absolute atomic E-state index is 0.103. The third kappa shape index (κ3) is 4.61. The molecule has 1 fully saturated rings. The van der Waals surface area contributed by atoms with Crippen LogP contribution in [-0.4, -0.2) is 72.9 Å². The molecular weight excluding hydrogens is 378 g/mol. The number of aliphatic hydroxyl groups is 4. The Morgan fingerprint density at radius 1 is 1.20 bits per heavy atom. The van der Waals surface area contributed by atoms with Gasteiger partial charge in [-0.1, -0.05) is 21.6 Å². The van der Waals surface area contributed by atoms with Crippen molar-refractivity contribution in [2.24, 2.45) is 0 Å². The highest BCUT2D eigenvalue weighted by molar-refractivity contribution is 8.76. The third-order valence-electron chi connectivity index (χ3n) is 3.47. The van der Waals surface area contributed by atoms with Crippen LogP contribution in [0.3, 0.4) is 0 Å². The number of nitrogens with zero attached hydrogens (tertiary/aromatic N) is 1. The fourth-order valence-electron chi connectivity index (χ4n) is 2.14. The molecule has 1 aromatic carbocycles. The lowest BCUT2D eigenvalue weighted by molar-refractivity contribution is -0.385. The second-order valence-corrected chi connectivity index (χ2v) is 7.56. The average molecular weight is 393 g/mol. The average Bonchev–Trinajstić information content (AvgIpc) is 2.57. The molecule has 0 radical (unpaired) electrons. The van der Waals surface area contributed by atoms with Crippen molar-refractivity contribution in [3.63, 3.8) is 0 Å². The number of nitro benzene ring substituents is 1. The lowest BCUT2D eigenvalue weighted by Crippen LogP contribution is -2.58. The molecule has 1 heterocycles. The molecule has 25 heavy (non-hydrogen) atoms. The van der Waals surface area contributed by atoms with Gasteiger partial charge in [0.05, 0.1) is 11.0 Å². The fourth-order valence-corrected chi connectivity index (χ4v) is 4.36. The van der Waals surface area contributed by atoms with Gasteiger partial charge in [-0.25, -0.2) is 4.79 Å². The van der Waals surface area contributed by atoms with Crippen LogP contribution in [0.4, 0.5) is 5.69 Å². The number of carbonyl (C=O) groups is 1. The van der Waals surface area contributed by atoms with E-state index in [0.717, 1.165) is 33.7 Å². The van der Waals surface area contributed by atoms with Gasteiger partial charge in [0.15, 0.2) is 6.29 Å². The largest absolute Gasteiger partial charge is 0.477 e. The van der Waals surface area contributed by atoms with Crippen molar-refractivity contribution in [2.75, 3.05) is 5.75 Å². The summed E-state index contributed by atoms with van der Waals surface area (Å²) in [6, 6.07) is 3.62. The highest BCUT2D eigenvalue weighted by atomic mass is 33.1. The number of nitro groups is 1. The molecular formula is C13H15NO9S2. The number of hydrogen-bond donors (Lipinski definition) is 5. The number of aliphatic hydroxyl groups excluding tert-OH is 4. The highest BCUT2D eigenvalue weighted by Crippen LogP contribution is 2.36. The van der Waals surface area contributed by atoms with Crippen molar-refractivity contribution in [3.05, 3.63) is 33.9 Å². The van der Waals surface area contributed by atoms with Gasteiger partial charge in [-0.15, -0.1) is 0 Å². The van der Waals surface area contributed by atoms with E-state index in [-0.39, 0.29) is 5.75 Å². The van der Waals surface area contributed by atoms with E-state index < -0.39 is 52.8 Å². The van der Waals surface area contributed by atoms with E-state index >= 15 is 0 Å². The zero-order chi connectivity index (χ0) is 18.7. The molecule has 0 aromatic heterocycles. The number of aromatic carboxylic acids is 1. The quantitative estimate of drug-likeness (QED) is 0.247. The SMILES string of the molecule is O=C(O)c1cc(SSC[C@H]2OC(O)[C@H](O)[C@@H](O)[C@H]2O)ccc1[N+](=O)[O-]. The van der Waals surface area contributed by atoms with Crippen LogP contribution in [0.25, 0.3) is 0 Å².